The molecule has 142 valence electrons. The van der Waals surface area contributed by atoms with Crippen molar-refractivity contribution in [3.63, 3.8) is 0 Å². The Morgan fingerprint density at radius 3 is 2.39 bits per heavy atom. The van der Waals surface area contributed by atoms with Crippen LogP contribution in [0.2, 0.25) is 0 Å². The zero-order valence-corrected chi connectivity index (χ0v) is 16.0. The van der Waals surface area contributed by atoms with Gasteiger partial charge in [-0.1, -0.05) is 36.4 Å². The van der Waals surface area contributed by atoms with Gasteiger partial charge in [-0.2, -0.15) is 0 Å². The fourth-order valence-corrected chi connectivity index (χ4v) is 3.48. The molecule has 0 saturated carbocycles. The lowest BCUT2D eigenvalue weighted by Gasteiger charge is -2.36. The third-order valence-corrected chi connectivity index (χ3v) is 5.10. The van der Waals surface area contributed by atoms with E-state index in [1.807, 2.05) is 47.4 Å². The van der Waals surface area contributed by atoms with E-state index in [9.17, 15) is 4.79 Å². The second-order valence-corrected chi connectivity index (χ2v) is 7.02. The Kier molecular flexibility index (Phi) is 5.24. The molecule has 0 bridgehead atoms. The third kappa shape index (κ3) is 3.98. The molecule has 2 aromatic carbocycles. The Hall–Kier alpha value is -3.34. The van der Waals surface area contributed by atoms with Crippen molar-refractivity contribution in [2.45, 2.75) is 6.92 Å². The lowest BCUT2D eigenvalue weighted by molar-refractivity contribution is 0.0746. The highest BCUT2D eigenvalue weighted by molar-refractivity contribution is 5.95. The van der Waals surface area contributed by atoms with E-state index in [-0.39, 0.29) is 5.91 Å². The quantitative estimate of drug-likeness (QED) is 0.749. The molecule has 0 atom stereocenters. The molecule has 4 rings (SSSR count). The molecule has 3 aromatic rings. The van der Waals surface area contributed by atoms with E-state index < -0.39 is 0 Å². The van der Waals surface area contributed by atoms with Crippen LogP contribution in [0, 0.1) is 6.92 Å². The number of nitrogens with zero attached hydrogens (tertiary/aromatic N) is 3. The molecular formula is C23H24N4O. The molecule has 0 radical (unpaired) electrons. The summed E-state index contributed by atoms with van der Waals surface area (Å²) < 4.78 is 0. The number of hydrogen-bond acceptors (Lipinski definition) is 4. The van der Waals surface area contributed by atoms with E-state index in [0.717, 1.165) is 30.0 Å². The van der Waals surface area contributed by atoms with Gasteiger partial charge in [0.15, 0.2) is 0 Å². The van der Waals surface area contributed by atoms with Crippen LogP contribution in [0.3, 0.4) is 0 Å². The minimum Gasteiger partial charge on any atom is -0.368 e. The number of carbonyl (C=O) groups is 1. The van der Waals surface area contributed by atoms with Gasteiger partial charge in [-0.15, -0.1) is 0 Å². The molecule has 1 aliphatic rings. The van der Waals surface area contributed by atoms with Crippen molar-refractivity contribution in [1.82, 2.24) is 9.88 Å². The van der Waals surface area contributed by atoms with E-state index in [0.29, 0.717) is 18.7 Å². The summed E-state index contributed by atoms with van der Waals surface area (Å²) in [6.45, 7) is 5.15. The highest BCUT2D eigenvalue weighted by Crippen LogP contribution is 2.21. The molecule has 5 heteroatoms. The molecule has 0 unspecified atom stereocenters. The minimum absolute atomic E-state index is 0.0358. The fourth-order valence-electron chi connectivity index (χ4n) is 3.48. The molecule has 0 aliphatic carbocycles. The predicted molar refractivity (Wildman–Crippen MR) is 113 cm³/mol. The molecule has 0 spiro atoms. The van der Waals surface area contributed by atoms with Gasteiger partial charge in [0.25, 0.3) is 5.91 Å². The number of hydrogen-bond donors (Lipinski definition) is 1. The van der Waals surface area contributed by atoms with Crippen LogP contribution >= 0.6 is 0 Å². The normalized spacial score (nSPS) is 14.0. The van der Waals surface area contributed by atoms with Crippen molar-refractivity contribution in [3.05, 3.63) is 84.2 Å². The molecule has 5 nitrogen and oxygen atoms in total. The predicted octanol–water partition coefficient (Wildman–Crippen LogP) is 4.10. The summed E-state index contributed by atoms with van der Waals surface area (Å²) >= 11 is 0. The van der Waals surface area contributed by atoms with E-state index in [2.05, 4.69) is 40.3 Å². The number of benzene rings is 2. The first-order valence-corrected chi connectivity index (χ1v) is 9.58. The summed E-state index contributed by atoms with van der Waals surface area (Å²) in [5.74, 6) is 0.0358. The Balaban J connectivity index is 1.42. The number of amides is 1. The van der Waals surface area contributed by atoms with Crippen LogP contribution in [-0.4, -0.2) is 42.0 Å². The highest BCUT2D eigenvalue weighted by Gasteiger charge is 2.22. The number of pyridine rings is 1. The number of para-hydroxylation sites is 2. The van der Waals surface area contributed by atoms with Gasteiger partial charge >= 0.3 is 0 Å². The smallest absolute Gasteiger partial charge is 0.255 e. The average molecular weight is 372 g/mol. The molecule has 28 heavy (non-hydrogen) atoms. The van der Waals surface area contributed by atoms with Gasteiger partial charge in [-0.05, 0) is 36.8 Å². The molecule has 1 saturated heterocycles. The molecule has 1 aromatic heterocycles. The van der Waals surface area contributed by atoms with Crippen LogP contribution in [0.5, 0.6) is 0 Å². The molecule has 2 heterocycles. The summed E-state index contributed by atoms with van der Waals surface area (Å²) in [4.78, 5) is 21.5. The molecule has 1 aliphatic heterocycles. The third-order valence-electron chi connectivity index (χ3n) is 5.10. The van der Waals surface area contributed by atoms with Crippen molar-refractivity contribution in [2.24, 2.45) is 0 Å². The zero-order chi connectivity index (χ0) is 19.3. The molecule has 1 fully saturated rings. The van der Waals surface area contributed by atoms with Gasteiger partial charge < -0.3 is 15.1 Å². The van der Waals surface area contributed by atoms with Crippen molar-refractivity contribution in [2.75, 3.05) is 36.4 Å². The first kappa shape index (κ1) is 18.0. The fraction of sp³-hybridized carbons (Fsp3) is 0.217. The van der Waals surface area contributed by atoms with Crippen molar-refractivity contribution < 1.29 is 4.79 Å². The van der Waals surface area contributed by atoms with Crippen LogP contribution < -0.4 is 10.2 Å². The summed E-state index contributed by atoms with van der Waals surface area (Å²) in [5, 5.41) is 3.36. The van der Waals surface area contributed by atoms with Crippen LogP contribution in [0.1, 0.15) is 15.9 Å². The number of aryl methyl sites for hydroxylation is 1. The summed E-state index contributed by atoms with van der Waals surface area (Å²) in [6, 6.07) is 20.3. The lowest BCUT2D eigenvalue weighted by atomic mass is 10.1. The van der Waals surface area contributed by atoms with Crippen LogP contribution in [0.25, 0.3) is 0 Å². The van der Waals surface area contributed by atoms with E-state index in [4.69, 9.17) is 0 Å². The van der Waals surface area contributed by atoms with Crippen molar-refractivity contribution in [1.29, 1.82) is 0 Å². The van der Waals surface area contributed by atoms with Gasteiger partial charge in [-0.25, -0.2) is 0 Å². The van der Waals surface area contributed by atoms with Crippen molar-refractivity contribution in [3.8, 4) is 0 Å². The van der Waals surface area contributed by atoms with Crippen LogP contribution in [0.15, 0.2) is 73.1 Å². The largest absolute Gasteiger partial charge is 0.368 e. The van der Waals surface area contributed by atoms with E-state index >= 15 is 0 Å². The summed E-state index contributed by atoms with van der Waals surface area (Å²) in [5.41, 5.74) is 4.82. The van der Waals surface area contributed by atoms with Gasteiger partial charge in [0.2, 0.25) is 0 Å². The SMILES string of the molecule is Cc1ccccc1Nc1cncc(C(=O)N2CCN(c3ccccc3)CC2)c1. The second kappa shape index (κ2) is 8.13. The Bertz CT molecular complexity index is 950. The van der Waals surface area contributed by atoms with Gasteiger partial charge in [0.05, 0.1) is 17.4 Å². The van der Waals surface area contributed by atoms with Gasteiger partial charge in [-0.3, -0.25) is 9.78 Å². The maximum Gasteiger partial charge on any atom is 0.255 e. The topological polar surface area (TPSA) is 48.5 Å². The Morgan fingerprint density at radius 1 is 0.929 bits per heavy atom. The molecule has 1 N–H and O–H groups in total. The first-order valence-electron chi connectivity index (χ1n) is 9.58. The number of carbonyl (C=O) groups excluding carboxylic acids is 1. The highest BCUT2D eigenvalue weighted by atomic mass is 16.2. The van der Waals surface area contributed by atoms with Gasteiger partial charge in [0.1, 0.15) is 0 Å². The number of piperazine rings is 1. The monoisotopic (exact) mass is 372 g/mol. The zero-order valence-electron chi connectivity index (χ0n) is 16.0. The van der Waals surface area contributed by atoms with Crippen LogP contribution in [0.4, 0.5) is 17.1 Å². The number of aromatic nitrogens is 1. The maximum atomic E-state index is 13.0. The second-order valence-electron chi connectivity index (χ2n) is 7.02. The van der Waals surface area contributed by atoms with E-state index in [1.54, 1.807) is 12.4 Å². The first-order chi connectivity index (χ1) is 13.7. The summed E-state index contributed by atoms with van der Waals surface area (Å²) in [6.07, 6.45) is 3.39. The number of rotatable bonds is 4. The average Bonchev–Trinajstić information content (AvgIpc) is 2.76. The Morgan fingerprint density at radius 2 is 1.64 bits per heavy atom. The van der Waals surface area contributed by atoms with E-state index in [1.165, 1.54) is 5.69 Å². The molecular weight excluding hydrogens is 348 g/mol. The number of anilines is 3. The standard InChI is InChI=1S/C23H24N4O/c1-18-7-5-6-10-22(18)25-20-15-19(16-24-17-20)23(28)27-13-11-26(12-14-27)21-8-3-2-4-9-21/h2-10,15-17,25H,11-14H2,1H3. The summed E-state index contributed by atoms with van der Waals surface area (Å²) in [7, 11) is 0. The maximum absolute atomic E-state index is 13.0. The molecule has 1 amide bonds. The van der Waals surface area contributed by atoms with Crippen LogP contribution in [-0.2, 0) is 0 Å². The minimum atomic E-state index is 0.0358. The lowest BCUT2D eigenvalue weighted by Crippen LogP contribution is -2.48. The van der Waals surface area contributed by atoms with Crippen molar-refractivity contribution >= 4 is 23.0 Å². The number of nitrogens with one attached hydrogen (secondary N) is 1. The Labute approximate surface area is 165 Å². The van der Waals surface area contributed by atoms with Gasteiger partial charge in [0, 0.05) is 43.8 Å².